The zero-order chi connectivity index (χ0) is 33.7. The zero-order valence-corrected chi connectivity index (χ0v) is 28.4. The van der Waals surface area contributed by atoms with E-state index in [1.165, 1.54) is 22.9 Å². The molecule has 15 heteroatoms. The molecular formula is C30H48N6O8P. The summed E-state index contributed by atoms with van der Waals surface area (Å²) in [4.78, 5) is 40.6. The van der Waals surface area contributed by atoms with Gasteiger partial charge in [0.2, 0.25) is 5.91 Å². The summed E-state index contributed by atoms with van der Waals surface area (Å²) in [7, 11) is -1.63. The smallest absolute Gasteiger partial charge is 0.330 e. The number of nitriles is 1. The van der Waals surface area contributed by atoms with Gasteiger partial charge < -0.3 is 24.2 Å². The molecular weight excluding hydrogens is 603 g/mol. The number of nitrogens with one attached hydrogen (secondary N) is 2. The number of aromatic amines is 1. The molecule has 14 nitrogen and oxygen atoms in total. The van der Waals surface area contributed by atoms with Crippen LogP contribution in [0.15, 0.2) is 21.9 Å². The number of carbonyl (C=O) groups is 1. The first kappa shape index (κ1) is 37.0. The number of nitrogens with zero attached hydrogens (tertiary/aromatic N) is 4. The Hall–Kier alpha value is -2.47. The van der Waals surface area contributed by atoms with Gasteiger partial charge in [-0.3, -0.25) is 19.1 Å². The van der Waals surface area contributed by atoms with Crippen LogP contribution in [0.3, 0.4) is 0 Å². The van der Waals surface area contributed by atoms with Gasteiger partial charge in [-0.25, -0.2) is 9.46 Å². The molecule has 45 heavy (non-hydrogen) atoms. The summed E-state index contributed by atoms with van der Waals surface area (Å²) in [6.45, 7) is 15.2. The highest BCUT2D eigenvalue weighted by atomic mass is 31.2. The minimum atomic E-state index is -1.63. The number of ether oxygens (including phenoxy) is 1. The Balaban J connectivity index is 1.77. The maximum absolute atomic E-state index is 12.8. The van der Waals surface area contributed by atoms with Crippen LogP contribution in [0.2, 0.25) is 0 Å². The monoisotopic (exact) mass is 651 g/mol. The van der Waals surface area contributed by atoms with E-state index in [-0.39, 0.29) is 49.7 Å². The molecule has 2 saturated heterocycles. The number of carbonyl (C=O) groups excluding carboxylic acids is 1. The molecule has 3 heterocycles. The fourth-order valence-electron chi connectivity index (χ4n) is 6.17. The predicted octanol–water partition coefficient (Wildman–Crippen LogP) is 2.97. The van der Waals surface area contributed by atoms with Gasteiger partial charge in [0.15, 0.2) is 0 Å². The molecule has 3 rings (SSSR count). The molecule has 0 saturated carbocycles. The van der Waals surface area contributed by atoms with Crippen molar-refractivity contribution in [1.82, 2.24) is 24.6 Å². The quantitative estimate of drug-likeness (QED) is 0.163. The number of hydrogen-bond acceptors (Lipinski definition) is 10. The molecule has 1 unspecified atom stereocenters. The molecule has 0 bridgehead atoms. The Kier molecular flexibility index (Phi) is 12.7. The van der Waals surface area contributed by atoms with Gasteiger partial charge in [-0.1, -0.05) is 0 Å². The second-order valence-corrected chi connectivity index (χ2v) is 14.8. The lowest BCUT2D eigenvalue weighted by atomic mass is 9.79. The van der Waals surface area contributed by atoms with Crippen molar-refractivity contribution in [1.29, 1.82) is 5.26 Å². The van der Waals surface area contributed by atoms with Gasteiger partial charge in [0.1, 0.15) is 12.3 Å². The van der Waals surface area contributed by atoms with Crippen molar-refractivity contribution in [2.75, 3.05) is 13.2 Å². The molecule has 0 spiro atoms. The summed E-state index contributed by atoms with van der Waals surface area (Å²) < 4.78 is 21.6. The molecule has 2 fully saturated rings. The van der Waals surface area contributed by atoms with Gasteiger partial charge in [-0.2, -0.15) is 5.26 Å². The summed E-state index contributed by atoms with van der Waals surface area (Å²) in [5, 5.41) is 35.7. The summed E-state index contributed by atoms with van der Waals surface area (Å²) in [5.41, 5.74) is -2.64. The van der Waals surface area contributed by atoms with Crippen LogP contribution >= 0.6 is 8.53 Å². The van der Waals surface area contributed by atoms with E-state index in [2.05, 4.69) is 21.0 Å². The number of hydroxylamine groups is 2. The van der Waals surface area contributed by atoms with E-state index in [4.69, 9.17) is 19.0 Å². The van der Waals surface area contributed by atoms with Crippen molar-refractivity contribution >= 4 is 20.5 Å². The Morgan fingerprint density at radius 3 is 2.42 bits per heavy atom. The first-order chi connectivity index (χ1) is 21.0. The van der Waals surface area contributed by atoms with Gasteiger partial charge in [-0.05, 0) is 74.3 Å². The lowest BCUT2D eigenvalue weighted by Gasteiger charge is -2.49. The van der Waals surface area contributed by atoms with Crippen LogP contribution in [-0.4, -0.2) is 84.9 Å². The standard InChI is InChI=1S/C30H48N6O8P/c1-19(2)35(20(3)4)45(42-13-9-12-31)44-23-14-26(43-24(23)18-37)34-17-21(27(39)33-28(34)40)10-11-25(38)32-22-15-29(5,6)36(41)30(7,8)16-22/h10-11,17,19-20,22-24,26,37H,9,13-16,18H2,1-8H3,(H,32,38)(H,33,39,40)/b11-10+/t23-,24+,26+,45?/m0/s1. The lowest BCUT2D eigenvalue weighted by Crippen LogP contribution is -2.62. The second kappa shape index (κ2) is 15.4. The van der Waals surface area contributed by atoms with Crippen molar-refractivity contribution in [3.05, 3.63) is 38.7 Å². The highest BCUT2D eigenvalue weighted by molar-refractivity contribution is 7.44. The molecule has 1 amide bonds. The van der Waals surface area contributed by atoms with Crippen molar-refractivity contribution in [3.8, 4) is 6.07 Å². The summed E-state index contributed by atoms with van der Waals surface area (Å²) in [6.07, 6.45) is 2.86. The van der Waals surface area contributed by atoms with Gasteiger partial charge in [0.05, 0.1) is 37.4 Å². The molecule has 2 aliphatic rings. The molecule has 0 aromatic carbocycles. The first-order valence-electron chi connectivity index (χ1n) is 15.3. The maximum Gasteiger partial charge on any atom is 0.330 e. The minimum absolute atomic E-state index is 0.0567. The van der Waals surface area contributed by atoms with Gasteiger partial charge in [0.25, 0.3) is 14.1 Å². The third kappa shape index (κ3) is 9.30. The number of H-pyrrole nitrogens is 1. The van der Waals surface area contributed by atoms with E-state index in [1.807, 2.05) is 55.4 Å². The van der Waals surface area contributed by atoms with Crippen molar-refractivity contribution in [2.24, 2.45) is 0 Å². The van der Waals surface area contributed by atoms with Crippen LogP contribution in [0.4, 0.5) is 0 Å². The average molecular weight is 652 g/mol. The molecule has 1 radical (unpaired) electrons. The minimum Gasteiger partial charge on any atom is -0.394 e. The van der Waals surface area contributed by atoms with E-state index in [9.17, 15) is 24.7 Å². The van der Waals surface area contributed by atoms with Crippen molar-refractivity contribution < 1.29 is 28.9 Å². The third-order valence-electron chi connectivity index (χ3n) is 7.91. The summed E-state index contributed by atoms with van der Waals surface area (Å²) in [5.74, 6) is -0.432. The number of amides is 1. The van der Waals surface area contributed by atoms with E-state index < -0.39 is 55.2 Å². The zero-order valence-electron chi connectivity index (χ0n) is 27.5. The molecule has 2 aliphatic heterocycles. The van der Waals surface area contributed by atoms with Crippen LogP contribution < -0.4 is 16.6 Å². The van der Waals surface area contributed by atoms with E-state index in [0.717, 1.165) is 5.06 Å². The molecule has 4 atom stereocenters. The molecule has 1 aromatic heterocycles. The van der Waals surface area contributed by atoms with Crippen LogP contribution in [0, 0.1) is 11.3 Å². The van der Waals surface area contributed by atoms with E-state index >= 15 is 0 Å². The highest BCUT2D eigenvalue weighted by Crippen LogP contribution is 2.49. The lowest BCUT2D eigenvalue weighted by molar-refractivity contribution is -0.289. The van der Waals surface area contributed by atoms with Crippen LogP contribution in [0.25, 0.3) is 6.08 Å². The molecule has 1 aromatic rings. The fourth-order valence-corrected chi connectivity index (χ4v) is 7.93. The average Bonchev–Trinajstić information content (AvgIpc) is 3.33. The summed E-state index contributed by atoms with van der Waals surface area (Å²) >= 11 is 0. The van der Waals surface area contributed by atoms with E-state index in [0.29, 0.717) is 12.8 Å². The number of hydrogen-bond donors (Lipinski definition) is 3. The summed E-state index contributed by atoms with van der Waals surface area (Å²) in [6, 6.07) is 1.95. The number of rotatable bonds is 13. The van der Waals surface area contributed by atoms with Crippen molar-refractivity contribution in [2.45, 2.75) is 129 Å². The Morgan fingerprint density at radius 1 is 1.24 bits per heavy atom. The Morgan fingerprint density at radius 2 is 1.87 bits per heavy atom. The Bertz CT molecular complexity index is 1330. The number of aliphatic hydroxyl groups is 1. The van der Waals surface area contributed by atoms with Crippen molar-refractivity contribution in [3.63, 3.8) is 0 Å². The van der Waals surface area contributed by atoms with Crippen LogP contribution in [0.5, 0.6) is 0 Å². The van der Waals surface area contributed by atoms with Crippen LogP contribution in [0.1, 0.15) is 92.9 Å². The van der Waals surface area contributed by atoms with E-state index in [1.54, 1.807) is 0 Å². The SMILES string of the molecule is CC(C)N(C(C)C)P(OCCC#N)O[C@H]1C[C@H](n2cc(/C=C/C(=O)NC3CC(C)(C)N([O])C(C)(C)C3)c(=O)[nH]c2=O)O[C@@H]1CO. The first-order valence-corrected chi connectivity index (χ1v) is 16.5. The van der Waals surface area contributed by atoms with Gasteiger partial charge in [-0.15, -0.1) is 10.3 Å². The molecule has 251 valence electrons. The number of piperidine rings is 1. The predicted molar refractivity (Wildman–Crippen MR) is 168 cm³/mol. The fraction of sp³-hybridized carbons (Fsp3) is 0.733. The largest absolute Gasteiger partial charge is 0.394 e. The Labute approximate surface area is 265 Å². The number of aromatic nitrogens is 2. The van der Waals surface area contributed by atoms with Crippen LogP contribution in [-0.2, 0) is 23.8 Å². The second-order valence-electron chi connectivity index (χ2n) is 13.4. The van der Waals surface area contributed by atoms with Gasteiger partial charge >= 0.3 is 5.69 Å². The third-order valence-corrected chi connectivity index (χ3v) is 10.1. The molecule has 0 aliphatic carbocycles. The molecule has 3 N–H and O–H groups in total. The van der Waals surface area contributed by atoms with Gasteiger partial charge in [0, 0.05) is 47.9 Å². The highest BCUT2D eigenvalue weighted by Gasteiger charge is 2.46. The topological polar surface area (TPSA) is 182 Å². The maximum atomic E-state index is 12.8. The number of aliphatic hydroxyl groups excluding tert-OH is 1. The normalized spacial score (nSPS) is 24.5.